The Morgan fingerprint density at radius 3 is 2.86 bits per heavy atom. The van der Waals surface area contributed by atoms with Crippen LogP contribution in [0.2, 0.25) is 0 Å². The Morgan fingerprint density at radius 1 is 1.64 bits per heavy atom. The summed E-state index contributed by atoms with van der Waals surface area (Å²) in [5.41, 5.74) is 0. The van der Waals surface area contributed by atoms with E-state index in [2.05, 4.69) is 16.6 Å². The van der Waals surface area contributed by atoms with E-state index in [1.807, 2.05) is 0 Å². The van der Waals surface area contributed by atoms with E-state index in [4.69, 9.17) is 9.47 Å². The van der Waals surface area contributed by atoms with E-state index in [0.717, 1.165) is 0 Å². The van der Waals surface area contributed by atoms with E-state index in [0.29, 0.717) is 13.2 Å². The zero-order valence-corrected chi connectivity index (χ0v) is 8.62. The zero-order chi connectivity index (χ0) is 10.6. The van der Waals surface area contributed by atoms with Crippen LogP contribution >= 0.6 is 0 Å². The number of rotatable bonds is 1. The van der Waals surface area contributed by atoms with Crippen LogP contribution in [-0.4, -0.2) is 31.1 Å². The van der Waals surface area contributed by atoms with Crippen molar-refractivity contribution in [3.63, 3.8) is 0 Å². The topological polar surface area (TPSA) is 44.8 Å². The van der Waals surface area contributed by atoms with Crippen LogP contribution in [0.1, 0.15) is 20.8 Å². The molecule has 4 heteroatoms. The summed E-state index contributed by atoms with van der Waals surface area (Å²) in [5.74, 6) is 3.87. The van der Waals surface area contributed by atoms with Crippen LogP contribution in [0, 0.1) is 11.8 Å². The summed E-state index contributed by atoms with van der Waals surface area (Å²) < 4.78 is 15.3. The molecule has 0 aromatic rings. The largest absolute Gasteiger partial charge is 0.456 e. The van der Waals surface area contributed by atoms with Gasteiger partial charge in [-0.2, -0.15) is 0 Å². The highest BCUT2D eigenvalue weighted by atomic mass is 16.7. The third-order valence-corrected chi connectivity index (χ3v) is 1.62. The average molecular weight is 198 g/mol. The van der Waals surface area contributed by atoms with Crippen molar-refractivity contribution in [2.45, 2.75) is 32.7 Å². The molecule has 0 amide bonds. The van der Waals surface area contributed by atoms with Crippen molar-refractivity contribution in [2.24, 2.45) is 0 Å². The van der Waals surface area contributed by atoms with E-state index < -0.39 is 11.8 Å². The highest BCUT2D eigenvalue weighted by Crippen LogP contribution is 2.21. The minimum atomic E-state index is -0.603. The van der Waals surface area contributed by atoms with Crippen LogP contribution in [0.25, 0.3) is 0 Å². The molecule has 1 heterocycles. The lowest BCUT2D eigenvalue weighted by atomic mass is 10.4. The van der Waals surface area contributed by atoms with E-state index in [1.54, 1.807) is 20.8 Å². The maximum Gasteiger partial charge on any atom is 0.384 e. The number of hydrogen-bond acceptors (Lipinski definition) is 4. The van der Waals surface area contributed by atoms with Gasteiger partial charge in [0.2, 0.25) is 0 Å². The number of hydrogen-bond donors (Lipinski definition) is 0. The molecular weight excluding hydrogens is 184 g/mol. The molecule has 0 radical (unpaired) electrons. The van der Waals surface area contributed by atoms with E-state index in [9.17, 15) is 4.79 Å². The van der Waals surface area contributed by atoms with Crippen molar-refractivity contribution in [3.8, 4) is 11.8 Å². The molecule has 0 aromatic heterocycles. The Balaban J connectivity index is 2.42. The van der Waals surface area contributed by atoms with Crippen molar-refractivity contribution in [1.82, 2.24) is 0 Å². The molecule has 0 spiro atoms. The molecule has 1 atom stereocenters. The Labute approximate surface area is 83.5 Å². The summed E-state index contributed by atoms with van der Waals surface area (Å²) in [6.07, 6.45) is -0.339. The van der Waals surface area contributed by atoms with Crippen LogP contribution in [0.5, 0.6) is 0 Å². The van der Waals surface area contributed by atoms with Gasteiger partial charge in [-0.1, -0.05) is 5.92 Å². The van der Waals surface area contributed by atoms with E-state index >= 15 is 0 Å². The molecule has 1 aliphatic heterocycles. The van der Waals surface area contributed by atoms with Crippen molar-refractivity contribution in [3.05, 3.63) is 0 Å². The molecule has 0 bridgehead atoms. The molecular formula is C10H14O4. The summed E-state index contributed by atoms with van der Waals surface area (Å²) >= 11 is 0. The lowest BCUT2D eigenvalue weighted by molar-refractivity contribution is -0.136. The van der Waals surface area contributed by atoms with Gasteiger partial charge in [0.05, 0.1) is 13.2 Å². The maximum absolute atomic E-state index is 10.9. The van der Waals surface area contributed by atoms with Crippen LogP contribution in [0.4, 0.5) is 0 Å². The van der Waals surface area contributed by atoms with Gasteiger partial charge < -0.3 is 14.2 Å². The van der Waals surface area contributed by atoms with E-state index in [1.165, 1.54) is 0 Å². The Kier molecular flexibility index (Phi) is 3.50. The summed E-state index contributed by atoms with van der Waals surface area (Å²) in [6.45, 7) is 6.07. The lowest BCUT2D eigenvalue weighted by Crippen LogP contribution is -2.21. The second kappa shape index (κ2) is 4.45. The summed E-state index contributed by atoms with van der Waals surface area (Å²) in [7, 11) is 0. The first-order valence-corrected chi connectivity index (χ1v) is 4.53. The average Bonchev–Trinajstić information content (AvgIpc) is 2.43. The second-order valence-corrected chi connectivity index (χ2v) is 3.31. The van der Waals surface area contributed by atoms with Gasteiger partial charge in [0.1, 0.15) is 6.10 Å². The van der Waals surface area contributed by atoms with Crippen molar-refractivity contribution in [1.29, 1.82) is 0 Å². The predicted octanol–water partition coefficient (Wildman–Crippen LogP) is 0.704. The highest BCUT2D eigenvalue weighted by molar-refractivity contribution is 5.88. The Bertz CT molecular complexity index is 272. The third-order valence-electron chi connectivity index (χ3n) is 1.62. The van der Waals surface area contributed by atoms with Gasteiger partial charge >= 0.3 is 5.97 Å². The minimum Gasteiger partial charge on any atom is -0.456 e. The summed E-state index contributed by atoms with van der Waals surface area (Å²) in [6, 6.07) is 0. The third kappa shape index (κ3) is 3.36. The van der Waals surface area contributed by atoms with Gasteiger partial charge in [-0.25, -0.2) is 4.79 Å². The quantitative estimate of drug-likeness (QED) is 0.353. The fourth-order valence-electron chi connectivity index (χ4n) is 1.06. The molecule has 0 aromatic carbocycles. The number of esters is 1. The van der Waals surface area contributed by atoms with Gasteiger partial charge in [-0.15, -0.1) is 0 Å². The second-order valence-electron chi connectivity index (χ2n) is 3.31. The molecule has 4 nitrogen and oxygen atoms in total. The molecule has 14 heavy (non-hydrogen) atoms. The first-order chi connectivity index (χ1) is 6.53. The molecule has 78 valence electrons. The minimum absolute atomic E-state index is 0.334. The molecule has 0 aliphatic carbocycles. The molecule has 0 N–H and O–H groups in total. The lowest BCUT2D eigenvalue weighted by Gasteiger charge is -2.14. The number of ether oxygens (including phenoxy) is 3. The molecule has 0 saturated carbocycles. The van der Waals surface area contributed by atoms with Gasteiger partial charge in [-0.05, 0) is 20.8 Å². The zero-order valence-electron chi connectivity index (χ0n) is 8.62. The highest BCUT2D eigenvalue weighted by Gasteiger charge is 2.31. The van der Waals surface area contributed by atoms with Gasteiger partial charge in [0.15, 0.2) is 5.79 Å². The Hall–Kier alpha value is -1.05. The number of carbonyl (C=O) groups excluding carboxylic acids is 1. The van der Waals surface area contributed by atoms with E-state index in [-0.39, 0.29) is 6.10 Å². The van der Waals surface area contributed by atoms with Crippen LogP contribution in [0.3, 0.4) is 0 Å². The fraction of sp³-hybridized carbons (Fsp3) is 0.700. The van der Waals surface area contributed by atoms with Gasteiger partial charge in [0, 0.05) is 5.92 Å². The normalized spacial score (nSPS) is 23.8. The standard InChI is InChI=1S/C10H14O4/c1-4-12-9(11)6-5-8-7-13-10(2,3)14-8/h8H,4,7H2,1-3H3/t8-/m0/s1. The van der Waals surface area contributed by atoms with Crippen molar-refractivity contribution >= 4 is 5.97 Å². The number of carbonyl (C=O) groups is 1. The first kappa shape index (κ1) is 11.0. The summed E-state index contributed by atoms with van der Waals surface area (Å²) in [5, 5.41) is 0. The Morgan fingerprint density at radius 2 is 2.36 bits per heavy atom. The maximum atomic E-state index is 10.9. The van der Waals surface area contributed by atoms with Crippen molar-refractivity contribution in [2.75, 3.05) is 13.2 Å². The van der Waals surface area contributed by atoms with Gasteiger partial charge in [-0.3, -0.25) is 0 Å². The SMILES string of the molecule is CCOC(=O)C#C[C@H]1COC(C)(C)O1. The molecule has 1 rings (SSSR count). The van der Waals surface area contributed by atoms with Crippen LogP contribution in [0.15, 0.2) is 0 Å². The smallest absolute Gasteiger partial charge is 0.384 e. The summed E-state index contributed by atoms with van der Waals surface area (Å²) in [4.78, 5) is 10.9. The van der Waals surface area contributed by atoms with Gasteiger partial charge in [0.25, 0.3) is 0 Å². The first-order valence-electron chi connectivity index (χ1n) is 4.53. The molecule has 1 fully saturated rings. The van der Waals surface area contributed by atoms with Crippen LogP contribution in [-0.2, 0) is 19.0 Å². The molecule has 0 unspecified atom stereocenters. The van der Waals surface area contributed by atoms with Crippen LogP contribution < -0.4 is 0 Å². The molecule has 1 aliphatic rings. The predicted molar refractivity (Wildman–Crippen MR) is 49.3 cm³/mol. The molecule has 1 saturated heterocycles. The van der Waals surface area contributed by atoms with Crippen molar-refractivity contribution < 1.29 is 19.0 Å². The monoisotopic (exact) mass is 198 g/mol. The fourth-order valence-corrected chi connectivity index (χ4v) is 1.06.